The number of pyridine rings is 1. The predicted octanol–water partition coefficient (Wildman–Crippen LogP) is 1.84. The van der Waals surface area contributed by atoms with Gasteiger partial charge in [-0.15, -0.1) is 0 Å². The summed E-state index contributed by atoms with van der Waals surface area (Å²) in [6.07, 6.45) is 3.29. The molecule has 21 heavy (non-hydrogen) atoms. The maximum absolute atomic E-state index is 12.2. The first-order valence-electron chi connectivity index (χ1n) is 6.69. The summed E-state index contributed by atoms with van der Waals surface area (Å²) in [5.41, 5.74) is 1.87. The molecule has 112 valence electrons. The van der Waals surface area contributed by atoms with Gasteiger partial charge in [0.05, 0.1) is 4.90 Å². The molecular weight excluding hydrogens is 286 g/mol. The van der Waals surface area contributed by atoms with Gasteiger partial charge in [-0.1, -0.05) is 18.2 Å². The number of rotatable bonds is 6. The lowest BCUT2D eigenvalue weighted by molar-refractivity contribution is 0.581. The Morgan fingerprint density at radius 1 is 1.19 bits per heavy atom. The van der Waals surface area contributed by atoms with E-state index in [1.54, 1.807) is 30.6 Å². The molecule has 2 rings (SSSR count). The third-order valence-corrected chi connectivity index (χ3v) is 4.73. The van der Waals surface area contributed by atoms with Crippen molar-refractivity contribution in [2.24, 2.45) is 0 Å². The number of sulfonamides is 1. The SMILES string of the molecule is CNC(C)c1ccc(S(=O)(=O)NCc2cccnc2)cc1. The zero-order chi connectivity index (χ0) is 15.3. The Balaban J connectivity index is 2.09. The number of aromatic nitrogens is 1. The van der Waals surface area contributed by atoms with E-state index >= 15 is 0 Å². The van der Waals surface area contributed by atoms with E-state index in [0.29, 0.717) is 0 Å². The lowest BCUT2D eigenvalue weighted by atomic mass is 10.1. The van der Waals surface area contributed by atoms with Crippen molar-refractivity contribution in [3.05, 3.63) is 59.9 Å². The van der Waals surface area contributed by atoms with Crippen LogP contribution in [0.25, 0.3) is 0 Å². The van der Waals surface area contributed by atoms with Crippen molar-refractivity contribution in [2.75, 3.05) is 7.05 Å². The largest absolute Gasteiger partial charge is 0.313 e. The Morgan fingerprint density at radius 3 is 2.48 bits per heavy atom. The van der Waals surface area contributed by atoms with E-state index < -0.39 is 10.0 Å². The first-order valence-corrected chi connectivity index (χ1v) is 8.17. The number of nitrogens with zero attached hydrogens (tertiary/aromatic N) is 1. The highest BCUT2D eigenvalue weighted by Crippen LogP contribution is 2.16. The van der Waals surface area contributed by atoms with Crippen LogP contribution in [0.3, 0.4) is 0 Å². The van der Waals surface area contributed by atoms with Gasteiger partial charge in [0.1, 0.15) is 0 Å². The van der Waals surface area contributed by atoms with E-state index in [1.807, 2.05) is 32.2 Å². The predicted molar refractivity (Wildman–Crippen MR) is 82.2 cm³/mol. The van der Waals surface area contributed by atoms with Gasteiger partial charge in [-0.2, -0.15) is 0 Å². The van der Waals surface area contributed by atoms with Crippen molar-refractivity contribution in [1.82, 2.24) is 15.0 Å². The molecule has 6 heteroatoms. The molecule has 0 radical (unpaired) electrons. The fourth-order valence-corrected chi connectivity index (χ4v) is 2.88. The van der Waals surface area contributed by atoms with E-state index in [-0.39, 0.29) is 17.5 Å². The number of hydrogen-bond acceptors (Lipinski definition) is 4. The highest BCUT2D eigenvalue weighted by atomic mass is 32.2. The smallest absolute Gasteiger partial charge is 0.240 e. The van der Waals surface area contributed by atoms with Crippen LogP contribution in [0.5, 0.6) is 0 Å². The van der Waals surface area contributed by atoms with Gasteiger partial charge >= 0.3 is 0 Å². The highest BCUT2D eigenvalue weighted by Gasteiger charge is 2.14. The van der Waals surface area contributed by atoms with Gasteiger partial charge in [0.25, 0.3) is 0 Å². The average molecular weight is 305 g/mol. The minimum atomic E-state index is -3.51. The molecule has 0 saturated heterocycles. The van der Waals surface area contributed by atoms with E-state index in [1.165, 1.54) is 0 Å². The molecular formula is C15H19N3O2S. The molecule has 1 unspecified atom stereocenters. The lowest BCUT2D eigenvalue weighted by Gasteiger charge is -2.11. The van der Waals surface area contributed by atoms with Crippen molar-refractivity contribution >= 4 is 10.0 Å². The summed E-state index contributed by atoms with van der Waals surface area (Å²) in [6.45, 7) is 2.25. The Bertz CT molecular complexity index is 670. The van der Waals surface area contributed by atoms with E-state index in [4.69, 9.17) is 0 Å². The zero-order valence-corrected chi connectivity index (χ0v) is 12.9. The summed E-state index contributed by atoms with van der Waals surface area (Å²) in [4.78, 5) is 4.22. The first-order chi connectivity index (χ1) is 10.0. The summed E-state index contributed by atoms with van der Waals surface area (Å²) >= 11 is 0. The van der Waals surface area contributed by atoms with E-state index in [2.05, 4.69) is 15.0 Å². The van der Waals surface area contributed by atoms with Gasteiger partial charge < -0.3 is 5.32 Å². The van der Waals surface area contributed by atoms with Crippen molar-refractivity contribution in [3.63, 3.8) is 0 Å². The van der Waals surface area contributed by atoms with E-state index in [0.717, 1.165) is 11.1 Å². The molecule has 1 atom stereocenters. The molecule has 0 spiro atoms. The number of hydrogen-bond donors (Lipinski definition) is 2. The molecule has 0 aliphatic carbocycles. The fourth-order valence-electron chi connectivity index (χ4n) is 1.87. The van der Waals surface area contributed by atoms with Gasteiger partial charge in [0.2, 0.25) is 10.0 Å². The molecule has 0 saturated carbocycles. The molecule has 1 heterocycles. The normalized spacial score (nSPS) is 13.0. The van der Waals surface area contributed by atoms with Crippen LogP contribution >= 0.6 is 0 Å². The molecule has 0 amide bonds. The van der Waals surface area contributed by atoms with Crippen LogP contribution < -0.4 is 10.0 Å². The third kappa shape index (κ3) is 4.10. The maximum atomic E-state index is 12.2. The zero-order valence-electron chi connectivity index (χ0n) is 12.1. The quantitative estimate of drug-likeness (QED) is 0.854. The van der Waals surface area contributed by atoms with Crippen LogP contribution in [0, 0.1) is 0 Å². The minimum absolute atomic E-state index is 0.185. The van der Waals surface area contributed by atoms with Gasteiger partial charge in [-0.25, -0.2) is 13.1 Å². The second kappa shape index (κ2) is 6.80. The topological polar surface area (TPSA) is 71.1 Å². The molecule has 0 aliphatic heterocycles. The molecule has 2 aromatic rings. The Hall–Kier alpha value is -1.76. The van der Waals surface area contributed by atoms with Crippen molar-refractivity contribution in [1.29, 1.82) is 0 Å². The van der Waals surface area contributed by atoms with Crippen molar-refractivity contribution < 1.29 is 8.42 Å². The summed E-state index contributed by atoms with van der Waals surface area (Å²) < 4.78 is 27.0. The maximum Gasteiger partial charge on any atom is 0.240 e. The molecule has 5 nitrogen and oxygen atoms in total. The molecule has 2 N–H and O–H groups in total. The molecule has 1 aromatic heterocycles. The van der Waals surface area contributed by atoms with Gasteiger partial charge in [0, 0.05) is 25.0 Å². The van der Waals surface area contributed by atoms with Gasteiger partial charge in [0.15, 0.2) is 0 Å². The molecule has 0 bridgehead atoms. The molecule has 0 aliphatic rings. The molecule has 1 aromatic carbocycles. The second-order valence-corrected chi connectivity index (χ2v) is 6.53. The Kier molecular flexibility index (Phi) is 5.06. The number of nitrogens with one attached hydrogen (secondary N) is 2. The summed E-state index contributed by atoms with van der Waals surface area (Å²) in [5.74, 6) is 0. The Labute approximate surface area is 125 Å². The number of benzene rings is 1. The Morgan fingerprint density at radius 2 is 1.90 bits per heavy atom. The van der Waals surface area contributed by atoms with Crippen molar-refractivity contribution in [3.8, 4) is 0 Å². The van der Waals surface area contributed by atoms with Crippen molar-refractivity contribution in [2.45, 2.75) is 24.4 Å². The highest BCUT2D eigenvalue weighted by molar-refractivity contribution is 7.89. The van der Waals surface area contributed by atoms with Crippen LogP contribution in [0.15, 0.2) is 53.7 Å². The summed E-state index contributed by atoms with van der Waals surface area (Å²) in [5, 5.41) is 3.11. The van der Waals surface area contributed by atoms with Gasteiger partial charge in [-0.05, 0) is 43.3 Å². The van der Waals surface area contributed by atoms with Crippen LogP contribution in [0.1, 0.15) is 24.1 Å². The standard InChI is InChI=1S/C15H19N3O2S/c1-12(16-2)14-5-7-15(8-6-14)21(19,20)18-11-13-4-3-9-17-10-13/h3-10,12,16,18H,11H2,1-2H3. The van der Waals surface area contributed by atoms with Crippen LogP contribution in [0.2, 0.25) is 0 Å². The van der Waals surface area contributed by atoms with Crippen LogP contribution in [-0.4, -0.2) is 20.4 Å². The van der Waals surface area contributed by atoms with E-state index in [9.17, 15) is 8.42 Å². The fraction of sp³-hybridized carbons (Fsp3) is 0.267. The third-order valence-electron chi connectivity index (χ3n) is 3.31. The monoisotopic (exact) mass is 305 g/mol. The van der Waals surface area contributed by atoms with Crippen LogP contribution in [0.4, 0.5) is 0 Å². The summed E-state index contributed by atoms with van der Waals surface area (Å²) in [7, 11) is -1.64. The molecule has 0 fully saturated rings. The summed E-state index contributed by atoms with van der Waals surface area (Å²) in [6, 6.07) is 10.7. The van der Waals surface area contributed by atoms with Crippen LogP contribution in [-0.2, 0) is 16.6 Å². The minimum Gasteiger partial charge on any atom is -0.313 e. The average Bonchev–Trinajstić information content (AvgIpc) is 2.53. The van der Waals surface area contributed by atoms with Gasteiger partial charge in [-0.3, -0.25) is 4.98 Å². The second-order valence-electron chi connectivity index (χ2n) is 4.77. The first kappa shape index (κ1) is 15.6. The lowest BCUT2D eigenvalue weighted by Crippen LogP contribution is -2.23.